The number of amides is 2. The maximum Gasteiger partial charge on any atom is 0.336 e. The number of nitrogens with one attached hydrogen (secondary N) is 1. The molecule has 132 valence electrons. The summed E-state index contributed by atoms with van der Waals surface area (Å²) in [5.74, 6) is -2.37. The zero-order valence-electron chi connectivity index (χ0n) is 13.8. The van der Waals surface area contributed by atoms with Gasteiger partial charge in [-0.3, -0.25) is 9.59 Å². The van der Waals surface area contributed by atoms with Crippen molar-refractivity contribution < 1.29 is 24.2 Å². The summed E-state index contributed by atoms with van der Waals surface area (Å²) in [5.41, 5.74) is 1.23. The van der Waals surface area contributed by atoms with Crippen molar-refractivity contribution >= 4 is 23.5 Å². The molecule has 26 heavy (non-hydrogen) atoms. The smallest absolute Gasteiger partial charge is 0.336 e. The van der Waals surface area contributed by atoms with E-state index in [-0.39, 0.29) is 22.8 Å². The molecule has 2 heterocycles. The number of carboxylic acids is 1. The van der Waals surface area contributed by atoms with Crippen LogP contribution in [0.2, 0.25) is 0 Å². The molecule has 1 unspecified atom stereocenters. The van der Waals surface area contributed by atoms with Crippen LogP contribution in [0, 0.1) is 0 Å². The molecule has 1 saturated heterocycles. The third-order valence-corrected chi connectivity index (χ3v) is 4.60. The molecule has 1 fully saturated rings. The van der Waals surface area contributed by atoms with E-state index in [1.807, 2.05) is 12.1 Å². The molecule has 2 N–H and O–H groups in total. The molecule has 2 amide bonds. The summed E-state index contributed by atoms with van der Waals surface area (Å²) in [6, 6.07) is 11.2. The number of nitrogens with zero attached hydrogens (tertiary/aromatic N) is 1. The van der Waals surface area contributed by atoms with Gasteiger partial charge in [-0.05, 0) is 29.8 Å². The summed E-state index contributed by atoms with van der Waals surface area (Å²) in [4.78, 5) is 37.8. The van der Waals surface area contributed by atoms with Crippen molar-refractivity contribution in [1.29, 1.82) is 0 Å². The fraction of sp³-hybridized carbons (Fsp3) is 0.211. The van der Waals surface area contributed by atoms with Crippen LogP contribution in [0.1, 0.15) is 42.7 Å². The first kappa shape index (κ1) is 16.4. The Morgan fingerprint density at radius 2 is 1.88 bits per heavy atom. The predicted octanol–water partition coefficient (Wildman–Crippen LogP) is 1.85. The molecule has 0 bridgehead atoms. The number of carboxylic acid groups (broad SMARTS) is 1. The van der Waals surface area contributed by atoms with Crippen LogP contribution in [0.15, 0.2) is 42.5 Å². The Hall–Kier alpha value is -3.03. The molecular formula is C19H16N2O5. The van der Waals surface area contributed by atoms with Gasteiger partial charge in [0.2, 0.25) is 0 Å². The normalized spacial score (nSPS) is 19.5. The molecule has 2 aliphatic heterocycles. The van der Waals surface area contributed by atoms with Gasteiger partial charge >= 0.3 is 5.97 Å². The van der Waals surface area contributed by atoms with Crippen LogP contribution < -0.4 is 10.2 Å². The first-order chi connectivity index (χ1) is 12.6. The van der Waals surface area contributed by atoms with Crippen LogP contribution in [0.5, 0.6) is 0 Å². The fourth-order valence-electron chi connectivity index (χ4n) is 3.32. The number of carbonyl (C=O) groups excluding carboxylic acids is 2. The molecule has 2 aromatic carbocycles. The average Bonchev–Trinajstić information content (AvgIpc) is 2.93. The van der Waals surface area contributed by atoms with E-state index in [9.17, 15) is 19.5 Å². The fourth-order valence-corrected chi connectivity index (χ4v) is 3.32. The van der Waals surface area contributed by atoms with Crippen molar-refractivity contribution in [3.05, 3.63) is 64.7 Å². The SMILES string of the molecule is O=C(O)c1cccc2c1C(=O)N(c1ccc(C3CNCCO3)cc1)C2=O. The molecule has 0 aliphatic carbocycles. The molecule has 0 aromatic heterocycles. The molecule has 0 saturated carbocycles. The van der Waals surface area contributed by atoms with Gasteiger partial charge < -0.3 is 15.2 Å². The number of carbonyl (C=O) groups is 3. The van der Waals surface area contributed by atoms with Crippen LogP contribution in [0.4, 0.5) is 5.69 Å². The zero-order chi connectivity index (χ0) is 18.3. The molecule has 2 aromatic rings. The van der Waals surface area contributed by atoms with Crippen LogP contribution in [-0.4, -0.2) is 42.6 Å². The lowest BCUT2D eigenvalue weighted by Gasteiger charge is -2.24. The second-order valence-corrected chi connectivity index (χ2v) is 6.13. The topological polar surface area (TPSA) is 95.9 Å². The lowest BCUT2D eigenvalue weighted by molar-refractivity contribution is 0.0277. The number of rotatable bonds is 3. The first-order valence-electron chi connectivity index (χ1n) is 8.25. The third-order valence-electron chi connectivity index (χ3n) is 4.60. The number of anilines is 1. The van der Waals surface area contributed by atoms with E-state index in [2.05, 4.69) is 5.32 Å². The standard InChI is InChI=1S/C19H16N2O5/c22-17-13-2-1-3-14(19(24)25)16(13)18(23)21(17)12-6-4-11(5-7-12)15-10-20-8-9-26-15/h1-7,15,20H,8-10H2,(H,24,25). The Balaban J connectivity index is 1.66. The summed E-state index contributed by atoms with van der Waals surface area (Å²) < 4.78 is 5.69. The number of imide groups is 1. The second-order valence-electron chi connectivity index (χ2n) is 6.13. The Kier molecular flexibility index (Phi) is 4.02. The minimum Gasteiger partial charge on any atom is -0.478 e. The lowest BCUT2D eigenvalue weighted by atomic mass is 10.0. The quantitative estimate of drug-likeness (QED) is 0.819. The summed E-state index contributed by atoms with van der Waals surface area (Å²) in [7, 11) is 0. The van der Waals surface area contributed by atoms with Gasteiger partial charge in [0.1, 0.15) is 0 Å². The van der Waals surface area contributed by atoms with Crippen LogP contribution in [-0.2, 0) is 4.74 Å². The molecular weight excluding hydrogens is 336 g/mol. The molecule has 0 spiro atoms. The summed E-state index contributed by atoms with van der Waals surface area (Å²) in [5, 5.41) is 12.5. The van der Waals surface area contributed by atoms with Gasteiger partial charge in [0.05, 0.1) is 35.1 Å². The van der Waals surface area contributed by atoms with E-state index >= 15 is 0 Å². The van der Waals surface area contributed by atoms with Crippen molar-refractivity contribution in [2.45, 2.75) is 6.10 Å². The highest BCUT2D eigenvalue weighted by Crippen LogP contribution is 2.31. The number of morpholine rings is 1. The van der Waals surface area contributed by atoms with Gasteiger partial charge in [-0.2, -0.15) is 0 Å². The van der Waals surface area contributed by atoms with Crippen LogP contribution in [0.25, 0.3) is 0 Å². The highest BCUT2D eigenvalue weighted by atomic mass is 16.5. The van der Waals surface area contributed by atoms with Crippen LogP contribution >= 0.6 is 0 Å². The summed E-state index contributed by atoms with van der Waals surface area (Å²) >= 11 is 0. The van der Waals surface area contributed by atoms with E-state index in [1.54, 1.807) is 12.1 Å². The van der Waals surface area contributed by atoms with Crippen molar-refractivity contribution in [3.63, 3.8) is 0 Å². The van der Waals surface area contributed by atoms with Crippen molar-refractivity contribution in [2.24, 2.45) is 0 Å². The monoisotopic (exact) mass is 352 g/mol. The Morgan fingerprint density at radius 3 is 2.54 bits per heavy atom. The number of hydrogen-bond acceptors (Lipinski definition) is 5. The zero-order valence-corrected chi connectivity index (χ0v) is 13.8. The minimum absolute atomic E-state index is 0.0612. The number of aromatic carboxylic acids is 1. The molecule has 4 rings (SSSR count). The molecule has 2 aliphatic rings. The predicted molar refractivity (Wildman–Crippen MR) is 92.5 cm³/mol. The highest BCUT2D eigenvalue weighted by molar-refractivity contribution is 6.36. The van der Waals surface area contributed by atoms with E-state index in [0.717, 1.165) is 17.0 Å². The van der Waals surface area contributed by atoms with Crippen molar-refractivity contribution in [3.8, 4) is 0 Å². The number of ether oxygens (including phenoxy) is 1. The summed E-state index contributed by atoms with van der Waals surface area (Å²) in [6.07, 6.45) is -0.0707. The number of fused-ring (bicyclic) bond motifs is 1. The van der Waals surface area contributed by atoms with Gasteiger partial charge in [-0.1, -0.05) is 18.2 Å². The van der Waals surface area contributed by atoms with Crippen LogP contribution in [0.3, 0.4) is 0 Å². The molecule has 7 heteroatoms. The van der Waals surface area contributed by atoms with Gasteiger partial charge in [-0.15, -0.1) is 0 Å². The molecule has 1 atom stereocenters. The molecule has 0 radical (unpaired) electrons. The maximum atomic E-state index is 12.7. The van der Waals surface area contributed by atoms with Gasteiger partial charge in [0.25, 0.3) is 11.8 Å². The molecule has 7 nitrogen and oxygen atoms in total. The number of hydrogen-bond donors (Lipinski definition) is 2. The lowest BCUT2D eigenvalue weighted by Crippen LogP contribution is -2.33. The van der Waals surface area contributed by atoms with E-state index in [0.29, 0.717) is 18.8 Å². The van der Waals surface area contributed by atoms with Gasteiger partial charge in [-0.25, -0.2) is 9.69 Å². The second kappa shape index (κ2) is 6.36. The van der Waals surface area contributed by atoms with E-state index in [4.69, 9.17) is 4.74 Å². The van der Waals surface area contributed by atoms with E-state index < -0.39 is 17.8 Å². The van der Waals surface area contributed by atoms with Crippen molar-refractivity contribution in [1.82, 2.24) is 5.32 Å². The number of benzene rings is 2. The van der Waals surface area contributed by atoms with E-state index in [1.165, 1.54) is 18.2 Å². The average molecular weight is 352 g/mol. The Labute approximate surface area is 149 Å². The van der Waals surface area contributed by atoms with Crippen molar-refractivity contribution in [2.75, 3.05) is 24.6 Å². The first-order valence-corrected chi connectivity index (χ1v) is 8.25. The highest BCUT2D eigenvalue weighted by Gasteiger charge is 2.39. The third kappa shape index (κ3) is 2.58. The largest absolute Gasteiger partial charge is 0.478 e. The minimum atomic E-state index is -1.23. The van der Waals surface area contributed by atoms with Gasteiger partial charge in [0, 0.05) is 13.1 Å². The Bertz CT molecular complexity index is 901. The van der Waals surface area contributed by atoms with Gasteiger partial charge in [0.15, 0.2) is 0 Å². The Morgan fingerprint density at radius 1 is 1.12 bits per heavy atom. The summed E-state index contributed by atoms with van der Waals surface area (Å²) in [6.45, 7) is 2.15. The maximum absolute atomic E-state index is 12.7.